The molecule has 0 unspecified atom stereocenters. The Balaban J connectivity index is 1.60. The highest BCUT2D eigenvalue weighted by Crippen LogP contribution is 2.17. The van der Waals surface area contributed by atoms with Crippen LogP contribution in [-0.2, 0) is 20.1 Å². The maximum atomic E-state index is 9.23. The number of aromatic nitrogens is 2. The van der Waals surface area contributed by atoms with E-state index < -0.39 is 0 Å². The molecule has 1 aliphatic heterocycles. The van der Waals surface area contributed by atoms with Crippen molar-refractivity contribution in [3.8, 4) is 6.07 Å². The van der Waals surface area contributed by atoms with E-state index in [2.05, 4.69) is 38.4 Å². The number of hydrogen-bond donors (Lipinski definition) is 0. The van der Waals surface area contributed by atoms with E-state index in [0.717, 1.165) is 49.7 Å². The molecular weight excluding hydrogens is 286 g/mol. The summed E-state index contributed by atoms with van der Waals surface area (Å²) in [5.41, 5.74) is 1.91. The van der Waals surface area contributed by atoms with Crippen molar-refractivity contribution in [3.05, 3.63) is 53.6 Å². The standard InChI is InChI=1S/C18H23N5/c1-15-12-22(13-17-6-4-3-5-16(17)11-19)9-10-23(15)14-18-20-7-8-21(18)2/h3-8,15H,9-10,12-14H2,1-2H3/t15-/m1/s1. The Bertz CT molecular complexity index is 699. The van der Waals surface area contributed by atoms with E-state index in [9.17, 15) is 5.26 Å². The maximum Gasteiger partial charge on any atom is 0.122 e. The van der Waals surface area contributed by atoms with Gasteiger partial charge in [0.15, 0.2) is 0 Å². The molecule has 1 aromatic carbocycles. The lowest BCUT2D eigenvalue weighted by Crippen LogP contribution is -2.51. The number of rotatable bonds is 4. The molecule has 0 saturated carbocycles. The molecule has 0 amide bonds. The van der Waals surface area contributed by atoms with Gasteiger partial charge in [0.1, 0.15) is 5.82 Å². The lowest BCUT2D eigenvalue weighted by Gasteiger charge is -2.39. The van der Waals surface area contributed by atoms with Crippen molar-refractivity contribution < 1.29 is 0 Å². The Labute approximate surface area is 137 Å². The fourth-order valence-corrected chi connectivity index (χ4v) is 3.19. The first-order chi connectivity index (χ1) is 11.2. The molecule has 2 aromatic rings. The number of piperazine rings is 1. The summed E-state index contributed by atoms with van der Waals surface area (Å²) in [7, 11) is 2.04. The summed E-state index contributed by atoms with van der Waals surface area (Å²) in [4.78, 5) is 9.35. The highest BCUT2D eigenvalue weighted by atomic mass is 15.3. The quantitative estimate of drug-likeness (QED) is 0.867. The van der Waals surface area contributed by atoms with Gasteiger partial charge in [0, 0.05) is 51.7 Å². The molecule has 3 rings (SSSR count). The fraction of sp³-hybridized carbons (Fsp3) is 0.444. The minimum Gasteiger partial charge on any atom is -0.337 e. The van der Waals surface area contributed by atoms with E-state index in [4.69, 9.17) is 0 Å². The van der Waals surface area contributed by atoms with Crippen LogP contribution in [0.1, 0.15) is 23.9 Å². The van der Waals surface area contributed by atoms with Gasteiger partial charge in [0.05, 0.1) is 18.2 Å². The minimum atomic E-state index is 0.481. The molecule has 1 atom stereocenters. The lowest BCUT2D eigenvalue weighted by molar-refractivity contribution is 0.0707. The highest BCUT2D eigenvalue weighted by Gasteiger charge is 2.24. The van der Waals surface area contributed by atoms with E-state index >= 15 is 0 Å². The third kappa shape index (κ3) is 3.61. The first kappa shape index (κ1) is 15.7. The number of nitrogens with zero attached hydrogens (tertiary/aromatic N) is 5. The number of aryl methyl sites for hydroxylation is 1. The van der Waals surface area contributed by atoms with E-state index in [1.54, 1.807) is 0 Å². The minimum absolute atomic E-state index is 0.481. The fourth-order valence-electron chi connectivity index (χ4n) is 3.19. The smallest absolute Gasteiger partial charge is 0.122 e. The second kappa shape index (κ2) is 6.95. The summed E-state index contributed by atoms with van der Waals surface area (Å²) >= 11 is 0. The van der Waals surface area contributed by atoms with Crippen LogP contribution in [0.25, 0.3) is 0 Å². The Morgan fingerprint density at radius 2 is 2.09 bits per heavy atom. The average molecular weight is 309 g/mol. The molecule has 1 aliphatic rings. The van der Waals surface area contributed by atoms with Crippen molar-refractivity contribution in [2.24, 2.45) is 7.05 Å². The zero-order valence-corrected chi connectivity index (χ0v) is 13.8. The predicted molar refractivity (Wildman–Crippen MR) is 89.5 cm³/mol. The topological polar surface area (TPSA) is 48.1 Å². The summed E-state index contributed by atoms with van der Waals surface area (Å²) in [5.74, 6) is 1.11. The molecule has 0 radical (unpaired) electrons. The van der Waals surface area contributed by atoms with Gasteiger partial charge in [-0.25, -0.2) is 4.98 Å². The Morgan fingerprint density at radius 1 is 1.26 bits per heavy atom. The normalized spacial score (nSPS) is 19.6. The van der Waals surface area contributed by atoms with Crippen LogP contribution in [-0.4, -0.2) is 45.0 Å². The third-order valence-electron chi connectivity index (χ3n) is 4.65. The van der Waals surface area contributed by atoms with Gasteiger partial charge in [-0.1, -0.05) is 18.2 Å². The largest absolute Gasteiger partial charge is 0.337 e. The first-order valence-corrected chi connectivity index (χ1v) is 8.08. The third-order valence-corrected chi connectivity index (χ3v) is 4.65. The number of nitriles is 1. The molecule has 5 nitrogen and oxygen atoms in total. The predicted octanol–water partition coefficient (Wildman–Crippen LogP) is 2.00. The van der Waals surface area contributed by atoms with Crippen molar-refractivity contribution >= 4 is 0 Å². The average Bonchev–Trinajstić information content (AvgIpc) is 2.95. The molecule has 2 heterocycles. The second-order valence-electron chi connectivity index (χ2n) is 6.28. The molecule has 5 heteroatoms. The van der Waals surface area contributed by atoms with Crippen LogP contribution in [0.2, 0.25) is 0 Å². The van der Waals surface area contributed by atoms with Gasteiger partial charge < -0.3 is 4.57 Å². The zero-order chi connectivity index (χ0) is 16.2. The zero-order valence-electron chi connectivity index (χ0n) is 13.8. The van der Waals surface area contributed by atoms with Crippen molar-refractivity contribution in [2.45, 2.75) is 26.1 Å². The molecule has 0 aliphatic carbocycles. The van der Waals surface area contributed by atoms with Gasteiger partial charge in [-0.05, 0) is 18.6 Å². The van der Waals surface area contributed by atoms with E-state index in [1.807, 2.05) is 37.6 Å². The number of benzene rings is 1. The van der Waals surface area contributed by atoms with E-state index in [-0.39, 0.29) is 0 Å². The van der Waals surface area contributed by atoms with Gasteiger partial charge in [-0.15, -0.1) is 0 Å². The van der Waals surface area contributed by atoms with Crippen molar-refractivity contribution in [2.75, 3.05) is 19.6 Å². The van der Waals surface area contributed by atoms with Crippen LogP contribution in [0.3, 0.4) is 0 Å². The van der Waals surface area contributed by atoms with Crippen molar-refractivity contribution in [3.63, 3.8) is 0 Å². The molecule has 0 N–H and O–H groups in total. The van der Waals surface area contributed by atoms with Crippen LogP contribution in [0.4, 0.5) is 0 Å². The summed E-state index contributed by atoms with van der Waals surface area (Å²) < 4.78 is 2.09. The SMILES string of the molecule is C[C@@H]1CN(Cc2ccccc2C#N)CCN1Cc1nccn1C. The molecule has 0 spiro atoms. The molecular formula is C18H23N5. The van der Waals surface area contributed by atoms with Gasteiger partial charge in [-0.2, -0.15) is 5.26 Å². The van der Waals surface area contributed by atoms with Crippen molar-refractivity contribution in [1.82, 2.24) is 19.4 Å². The van der Waals surface area contributed by atoms with Crippen LogP contribution in [0.5, 0.6) is 0 Å². The van der Waals surface area contributed by atoms with E-state index in [0.29, 0.717) is 6.04 Å². The molecule has 120 valence electrons. The van der Waals surface area contributed by atoms with Crippen LogP contribution in [0.15, 0.2) is 36.7 Å². The van der Waals surface area contributed by atoms with Gasteiger partial charge in [-0.3, -0.25) is 9.80 Å². The number of hydrogen-bond acceptors (Lipinski definition) is 4. The van der Waals surface area contributed by atoms with Crippen LogP contribution in [0, 0.1) is 11.3 Å². The first-order valence-electron chi connectivity index (χ1n) is 8.08. The van der Waals surface area contributed by atoms with E-state index in [1.165, 1.54) is 0 Å². The summed E-state index contributed by atoms with van der Waals surface area (Å²) in [6.07, 6.45) is 3.85. The van der Waals surface area contributed by atoms with Gasteiger partial charge >= 0.3 is 0 Å². The summed E-state index contributed by atoms with van der Waals surface area (Å²) in [6, 6.07) is 10.7. The molecule has 23 heavy (non-hydrogen) atoms. The Hall–Kier alpha value is -2.16. The van der Waals surface area contributed by atoms with Crippen LogP contribution < -0.4 is 0 Å². The lowest BCUT2D eigenvalue weighted by atomic mass is 10.1. The Kier molecular flexibility index (Phi) is 4.75. The Morgan fingerprint density at radius 3 is 2.78 bits per heavy atom. The van der Waals surface area contributed by atoms with Gasteiger partial charge in [0.2, 0.25) is 0 Å². The monoisotopic (exact) mass is 309 g/mol. The maximum absolute atomic E-state index is 9.23. The molecule has 0 bridgehead atoms. The number of imidazole rings is 1. The van der Waals surface area contributed by atoms with Crippen molar-refractivity contribution in [1.29, 1.82) is 5.26 Å². The molecule has 1 saturated heterocycles. The van der Waals surface area contributed by atoms with Gasteiger partial charge in [0.25, 0.3) is 0 Å². The second-order valence-corrected chi connectivity index (χ2v) is 6.28. The molecule has 1 fully saturated rings. The highest BCUT2D eigenvalue weighted by molar-refractivity contribution is 5.37. The summed E-state index contributed by atoms with van der Waals surface area (Å²) in [6.45, 7) is 7.09. The molecule has 1 aromatic heterocycles. The summed E-state index contributed by atoms with van der Waals surface area (Å²) in [5, 5.41) is 9.23. The van der Waals surface area contributed by atoms with Crippen LogP contribution >= 0.6 is 0 Å².